The van der Waals surface area contributed by atoms with Crippen LogP contribution in [-0.4, -0.2) is 24.8 Å². The topological polar surface area (TPSA) is 38.3 Å². The average Bonchev–Trinajstić information content (AvgIpc) is 2.60. The van der Waals surface area contributed by atoms with Gasteiger partial charge in [-0.1, -0.05) is 41.9 Å². The minimum absolute atomic E-state index is 0.0742. The fourth-order valence-electron chi connectivity index (χ4n) is 2.45. The normalized spacial score (nSPS) is 10.5. The highest BCUT2D eigenvalue weighted by atomic mass is 35.5. The van der Waals surface area contributed by atoms with Crippen molar-refractivity contribution in [1.29, 1.82) is 0 Å². The van der Waals surface area contributed by atoms with Gasteiger partial charge in [0.1, 0.15) is 5.75 Å². The fraction of sp³-hybridized carbons (Fsp3) is 0.350. The van der Waals surface area contributed by atoms with E-state index in [4.69, 9.17) is 16.3 Å². The Morgan fingerprint density at radius 2 is 2.04 bits per heavy atom. The second-order valence-electron chi connectivity index (χ2n) is 5.62. The maximum Gasteiger partial charge on any atom is 0.230 e. The summed E-state index contributed by atoms with van der Waals surface area (Å²) in [6.07, 6.45) is 1.79. The summed E-state index contributed by atoms with van der Waals surface area (Å²) in [6.45, 7) is 3.33. The van der Waals surface area contributed by atoms with Crippen molar-refractivity contribution in [1.82, 2.24) is 5.32 Å². The molecule has 0 bridgehead atoms. The minimum atomic E-state index is 0.0742. The first-order valence-corrected chi connectivity index (χ1v) is 10.0. The van der Waals surface area contributed by atoms with Crippen LogP contribution in [0.15, 0.2) is 48.5 Å². The highest BCUT2D eigenvalue weighted by molar-refractivity contribution is 7.99. The zero-order chi connectivity index (χ0) is 17.9. The highest BCUT2D eigenvalue weighted by Gasteiger charge is 2.04. The molecule has 0 aliphatic rings. The molecule has 0 radical (unpaired) electrons. The predicted molar refractivity (Wildman–Crippen MR) is 107 cm³/mol. The van der Waals surface area contributed by atoms with Gasteiger partial charge >= 0.3 is 0 Å². The molecule has 0 saturated carbocycles. The standard InChI is InChI=1S/C20H24ClNO2S/c1-2-24-19-11-4-3-8-17(19)9-6-12-22-20(23)15-25-14-16-7-5-10-18(21)13-16/h3-5,7-8,10-11,13H,2,6,9,12,14-15H2,1H3,(H,22,23). The number of amides is 1. The van der Waals surface area contributed by atoms with Gasteiger partial charge in [0.2, 0.25) is 5.91 Å². The van der Waals surface area contributed by atoms with Gasteiger partial charge in [0.15, 0.2) is 0 Å². The van der Waals surface area contributed by atoms with Crippen LogP contribution in [0.1, 0.15) is 24.5 Å². The van der Waals surface area contributed by atoms with Gasteiger partial charge < -0.3 is 10.1 Å². The van der Waals surface area contributed by atoms with Crippen LogP contribution in [0.2, 0.25) is 5.02 Å². The Bertz CT molecular complexity index is 678. The number of halogens is 1. The number of hydrogen-bond donors (Lipinski definition) is 1. The summed E-state index contributed by atoms with van der Waals surface area (Å²) in [4.78, 5) is 11.9. The number of thioether (sulfide) groups is 1. The van der Waals surface area contributed by atoms with Crippen LogP contribution >= 0.6 is 23.4 Å². The summed E-state index contributed by atoms with van der Waals surface area (Å²) in [5.41, 5.74) is 2.33. The Morgan fingerprint density at radius 1 is 1.20 bits per heavy atom. The molecule has 3 nitrogen and oxygen atoms in total. The average molecular weight is 378 g/mol. The van der Waals surface area contributed by atoms with Crippen molar-refractivity contribution in [2.45, 2.75) is 25.5 Å². The van der Waals surface area contributed by atoms with Gasteiger partial charge in [-0.2, -0.15) is 0 Å². The van der Waals surface area contributed by atoms with Crippen molar-refractivity contribution in [3.63, 3.8) is 0 Å². The van der Waals surface area contributed by atoms with Gasteiger partial charge in [-0.05, 0) is 49.1 Å². The quantitative estimate of drug-likeness (QED) is 0.609. The SMILES string of the molecule is CCOc1ccccc1CCCNC(=O)CSCc1cccc(Cl)c1. The number of rotatable bonds is 10. The number of ether oxygens (including phenoxy) is 1. The summed E-state index contributed by atoms with van der Waals surface area (Å²) in [5.74, 6) is 2.26. The van der Waals surface area contributed by atoms with E-state index >= 15 is 0 Å². The number of nitrogens with one attached hydrogen (secondary N) is 1. The minimum Gasteiger partial charge on any atom is -0.494 e. The molecule has 0 fully saturated rings. The number of benzene rings is 2. The zero-order valence-corrected chi connectivity index (χ0v) is 16.0. The van der Waals surface area contributed by atoms with Crippen LogP contribution in [0.25, 0.3) is 0 Å². The lowest BCUT2D eigenvalue weighted by atomic mass is 10.1. The van der Waals surface area contributed by atoms with Crippen LogP contribution in [0.3, 0.4) is 0 Å². The number of aryl methyl sites for hydroxylation is 1. The molecule has 0 heterocycles. The van der Waals surface area contributed by atoms with Gasteiger partial charge in [0, 0.05) is 17.3 Å². The molecular formula is C20H24ClNO2S. The molecular weight excluding hydrogens is 354 g/mol. The van der Waals surface area contributed by atoms with Crippen LogP contribution in [0, 0.1) is 0 Å². The van der Waals surface area contributed by atoms with Gasteiger partial charge in [-0.25, -0.2) is 0 Å². The number of carbonyl (C=O) groups is 1. The van der Waals surface area contributed by atoms with Gasteiger partial charge in [0.25, 0.3) is 0 Å². The molecule has 2 aromatic rings. The zero-order valence-electron chi connectivity index (χ0n) is 14.5. The van der Waals surface area contributed by atoms with Crippen molar-refractivity contribution in [3.05, 3.63) is 64.7 Å². The number of carbonyl (C=O) groups excluding carboxylic acids is 1. The summed E-state index contributed by atoms with van der Waals surface area (Å²) in [5, 5.41) is 3.71. The van der Waals surface area contributed by atoms with Crippen LogP contribution in [0.5, 0.6) is 5.75 Å². The molecule has 1 N–H and O–H groups in total. The predicted octanol–water partition coefficient (Wildman–Crippen LogP) is 4.72. The van der Waals surface area contributed by atoms with Crippen molar-refractivity contribution in [2.24, 2.45) is 0 Å². The summed E-state index contributed by atoms with van der Waals surface area (Å²) in [7, 11) is 0. The van der Waals surface area contributed by atoms with Crippen LogP contribution < -0.4 is 10.1 Å². The molecule has 25 heavy (non-hydrogen) atoms. The van der Waals surface area contributed by atoms with E-state index in [1.165, 1.54) is 5.56 Å². The highest BCUT2D eigenvalue weighted by Crippen LogP contribution is 2.19. The van der Waals surface area contributed by atoms with Gasteiger partial charge in [0.05, 0.1) is 12.4 Å². The smallest absolute Gasteiger partial charge is 0.230 e. The lowest BCUT2D eigenvalue weighted by molar-refractivity contribution is -0.118. The first-order chi connectivity index (χ1) is 12.2. The van der Waals surface area contributed by atoms with Gasteiger partial charge in [-0.3, -0.25) is 4.79 Å². The Hall–Kier alpha value is -1.65. The maximum atomic E-state index is 11.9. The summed E-state index contributed by atoms with van der Waals surface area (Å²) in [6, 6.07) is 15.8. The Morgan fingerprint density at radius 3 is 2.84 bits per heavy atom. The number of hydrogen-bond acceptors (Lipinski definition) is 3. The molecule has 0 spiro atoms. The third-order valence-electron chi connectivity index (χ3n) is 3.61. The maximum absolute atomic E-state index is 11.9. The van der Waals surface area contributed by atoms with E-state index in [-0.39, 0.29) is 5.91 Å². The molecule has 2 rings (SSSR count). The van der Waals surface area contributed by atoms with Gasteiger partial charge in [-0.15, -0.1) is 11.8 Å². The lowest BCUT2D eigenvalue weighted by Crippen LogP contribution is -2.26. The third kappa shape index (κ3) is 7.41. The van der Waals surface area contributed by atoms with Crippen molar-refractivity contribution >= 4 is 29.3 Å². The van der Waals surface area contributed by atoms with E-state index in [0.717, 1.165) is 34.9 Å². The summed E-state index contributed by atoms with van der Waals surface area (Å²) < 4.78 is 5.62. The Kier molecular flexibility index (Phi) is 8.70. The van der Waals surface area contributed by atoms with Crippen molar-refractivity contribution in [3.8, 4) is 5.75 Å². The molecule has 2 aromatic carbocycles. The summed E-state index contributed by atoms with van der Waals surface area (Å²) >= 11 is 7.55. The van der Waals surface area contributed by atoms with E-state index in [2.05, 4.69) is 11.4 Å². The molecule has 1 amide bonds. The Balaban J connectivity index is 1.62. The first kappa shape index (κ1) is 19.7. The molecule has 0 atom stereocenters. The first-order valence-electron chi connectivity index (χ1n) is 8.48. The van der Waals surface area contributed by atoms with E-state index in [9.17, 15) is 4.79 Å². The van der Waals surface area contributed by atoms with E-state index < -0.39 is 0 Å². The fourth-order valence-corrected chi connectivity index (χ4v) is 3.47. The molecule has 0 aliphatic heterocycles. The van der Waals surface area contributed by atoms with Crippen molar-refractivity contribution in [2.75, 3.05) is 18.9 Å². The largest absolute Gasteiger partial charge is 0.494 e. The lowest BCUT2D eigenvalue weighted by Gasteiger charge is -2.10. The molecule has 0 aromatic heterocycles. The Labute approximate surface area is 159 Å². The number of para-hydroxylation sites is 1. The molecule has 5 heteroatoms. The van der Waals surface area contributed by atoms with Crippen LogP contribution in [0.4, 0.5) is 0 Å². The van der Waals surface area contributed by atoms with E-state index in [0.29, 0.717) is 18.9 Å². The third-order valence-corrected chi connectivity index (χ3v) is 4.85. The second-order valence-corrected chi connectivity index (χ2v) is 7.04. The van der Waals surface area contributed by atoms with E-state index in [1.807, 2.05) is 49.4 Å². The monoisotopic (exact) mass is 377 g/mol. The molecule has 0 saturated heterocycles. The van der Waals surface area contributed by atoms with E-state index in [1.54, 1.807) is 11.8 Å². The van der Waals surface area contributed by atoms with Crippen molar-refractivity contribution < 1.29 is 9.53 Å². The van der Waals surface area contributed by atoms with Crippen LogP contribution in [-0.2, 0) is 17.0 Å². The molecule has 0 unspecified atom stereocenters. The molecule has 134 valence electrons. The molecule has 0 aliphatic carbocycles. The second kappa shape index (κ2) is 11.1.